The zero-order chi connectivity index (χ0) is 14.9. The molecule has 0 atom stereocenters. The average Bonchev–Trinajstić information content (AvgIpc) is 2.34. The van der Waals surface area contributed by atoms with Gasteiger partial charge in [-0.3, -0.25) is 0 Å². The number of rotatable bonds is 2. The number of hydrogen-bond acceptors (Lipinski definition) is 5. The van der Waals surface area contributed by atoms with Crippen LogP contribution in [0.25, 0.3) is 6.08 Å². The summed E-state index contributed by atoms with van der Waals surface area (Å²) in [4.78, 5) is 23.7. The first-order chi connectivity index (χ1) is 9.32. The number of methoxy groups -OCH3 is 1. The normalized spacial score (nSPS) is 17.3. The number of benzene rings is 1. The third-order valence-electron chi connectivity index (χ3n) is 2.62. The summed E-state index contributed by atoms with van der Waals surface area (Å²) in [6, 6.07) is 5.17. The van der Waals surface area contributed by atoms with E-state index in [9.17, 15) is 9.59 Å². The molecule has 1 saturated heterocycles. The SMILES string of the molecule is COc1ccc(C=C2C(=O)OC(C)(C)OC2=O)c(Br)c1. The molecule has 2 rings (SSSR count). The summed E-state index contributed by atoms with van der Waals surface area (Å²) in [5, 5.41) is 0. The van der Waals surface area contributed by atoms with Crippen molar-refractivity contribution in [3.05, 3.63) is 33.8 Å². The Morgan fingerprint density at radius 3 is 2.30 bits per heavy atom. The fourth-order valence-electron chi connectivity index (χ4n) is 1.69. The third kappa shape index (κ3) is 3.01. The summed E-state index contributed by atoms with van der Waals surface area (Å²) >= 11 is 3.35. The maximum Gasteiger partial charge on any atom is 0.348 e. The second kappa shape index (κ2) is 5.28. The van der Waals surface area contributed by atoms with Gasteiger partial charge in [0.2, 0.25) is 0 Å². The summed E-state index contributed by atoms with van der Waals surface area (Å²) in [6.45, 7) is 3.01. The van der Waals surface area contributed by atoms with E-state index in [2.05, 4.69) is 15.9 Å². The number of halogens is 1. The summed E-state index contributed by atoms with van der Waals surface area (Å²) in [6.07, 6.45) is 1.42. The zero-order valence-electron chi connectivity index (χ0n) is 11.2. The molecule has 0 N–H and O–H groups in total. The highest BCUT2D eigenvalue weighted by molar-refractivity contribution is 9.10. The highest BCUT2D eigenvalue weighted by Crippen LogP contribution is 2.28. The number of esters is 2. The van der Waals surface area contributed by atoms with E-state index in [0.717, 1.165) is 0 Å². The van der Waals surface area contributed by atoms with Gasteiger partial charge in [0.15, 0.2) is 0 Å². The Hall–Kier alpha value is -1.82. The number of cyclic esters (lactones) is 2. The van der Waals surface area contributed by atoms with Crippen molar-refractivity contribution in [3.63, 3.8) is 0 Å². The summed E-state index contributed by atoms with van der Waals surface area (Å²) in [5.41, 5.74) is 0.504. The largest absolute Gasteiger partial charge is 0.497 e. The van der Waals surface area contributed by atoms with E-state index in [0.29, 0.717) is 15.8 Å². The van der Waals surface area contributed by atoms with Gasteiger partial charge < -0.3 is 14.2 Å². The van der Waals surface area contributed by atoms with Crippen LogP contribution in [0.1, 0.15) is 19.4 Å². The van der Waals surface area contributed by atoms with E-state index in [1.165, 1.54) is 19.9 Å². The Bertz CT molecular complexity index is 582. The van der Waals surface area contributed by atoms with Gasteiger partial charge in [0.25, 0.3) is 5.79 Å². The van der Waals surface area contributed by atoms with Crippen molar-refractivity contribution in [2.75, 3.05) is 7.11 Å². The molecule has 1 aliphatic rings. The lowest BCUT2D eigenvalue weighted by Crippen LogP contribution is -2.41. The lowest BCUT2D eigenvalue weighted by Gasteiger charge is -2.29. The van der Waals surface area contributed by atoms with E-state index in [1.54, 1.807) is 25.3 Å². The van der Waals surface area contributed by atoms with Crippen molar-refractivity contribution in [1.82, 2.24) is 0 Å². The second-order valence-corrected chi connectivity index (χ2v) is 5.48. The maximum atomic E-state index is 11.8. The molecule has 0 amide bonds. The Morgan fingerprint density at radius 2 is 1.80 bits per heavy atom. The van der Waals surface area contributed by atoms with E-state index in [-0.39, 0.29) is 5.57 Å². The molecule has 0 aromatic heterocycles. The first kappa shape index (κ1) is 14.6. The summed E-state index contributed by atoms with van der Waals surface area (Å²) < 4.78 is 15.8. The Labute approximate surface area is 124 Å². The first-order valence-electron chi connectivity index (χ1n) is 5.84. The van der Waals surface area contributed by atoms with Crippen LogP contribution in [0.4, 0.5) is 0 Å². The fourth-order valence-corrected chi connectivity index (χ4v) is 2.16. The molecule has 106 valence electrons. The number of ether oxygens (including phenoxy) is 3. The molecule has 0 bridgehead atoms. The van der Waals surface area contributed by atoms with Gasteiger partial charge in [0, 0.05) is 18.3 Å². The van der Waals surface area contributed by atoms with E-state index >= 15 is 0 Å². The molecule has 0 radical (unpaired) electrons. The average molecular weight is 341 g/mol. The Kier molecular flexibility index (Phi) is 3.85. The van der Waals surface area contributed by atoms with Crippen molar-refractivity contribution in [1.29, 1.82) is 0 Å². The lowest BCUT2D eigenvalue weighted by atomic mass is 10.1. The van der Waals surface area contributed by atoms with Crippen molar-refractivity contribution in [2.24, 2.45) is 0 Å². The molecule has 0 unspecified atom stereocenters. The third-order valence-corrected chi connectivity index (χ3v) is 3.31. The van der Waals surface area contributed by atoms with Crippen LogP contribution in [0, 0.1) is 0 Å². The minimum Gasteiger partial charge on any atom is -0.497 e. The topological polar surface area (TPSA) is 61.8 Å². The Morgan fingerprint density at radius 1 is 1.20 bits per heavy atom. The molecule has 0 aliphatic carbocycles. The lowest BCUT2D eigenvalue weighted by molar-refractivity contribution is -0.222. The molecule has 6 heteroatoms. The molecular formula is C14H13BrO5. The van der Waals surface area contributed by atoms with Gasteiger partial charge in [0.05, 0.1) is 7.11 Å². The van der Waals surface area contributed by atoms with Crippen molar-refractivity contribution in [2.45, 2.75) is 19.6 Å². The van der Waals surface area contributed by atoms with Gasteiger partial charge in [-0.15, -0.1) is 0 Å². The van der Waals surface area contributed by atoms with Gasteiger partial charge in [-0.1, -0.05) is 22.0 Å². The van der Waals surface area contributed by atoms with Crippen LogP contribution in [0.2, 0.25) is 0 Å². The fraction of sp³-hybridized carbons (Fsp3) is 0.286. The van der Waals surface area contributed by atoms with Gasteiger partial charge in [-0.25, -0.2) is 9.59 Å². The van der Waals surface area contributed by atoms with E-state index < -0.39 is 17.7 Å². The van der Waals surface area contributed by atoms with Crippen LogP contribution in [-0.4, -0.2) is 24.8 Å². The van der Waals surface area contributed by atoms with E-state index in [4.69, 9.17) is 14.2 Å². The van der Waals surface area contributed by atoms with Gasteiger partial charge in [0.1, 0.15) is 11.3 Å². The predicted octanol–water partition coefficient (Wildman–Crippen LogP) is 2.68. The molecule has 1 aromatic rings. The van der Waals surface area contributed by atoms with Crippen LogP contribution in [0.5, 0.6) is 5.75 Å². The van der Waals surface area contributed by atoms with Crippen molar-refractivity contribution in [3.8, 4) is 5.75 Å². The minimum atomic E-state index is -1.23. The summed E-state index contributed by atoms with van der Waals surface area (Å²) in [7, 11) is 1.55. The Balaban J connectivity index is 2.36. The molecule has 5 nitrogen and oxygen atoms in total. The monoisotopic (exact) mass is 340 g/mol. The molecule has 1 aliphatic heterocycles. The first-order valence-corrected chi connectivity index (χ1v) is 6.63. The van der Waals surface area contributed by atoms with E-state index in [1.807, 2.05) is 0 Å². The molecule has 1 aromatic carbocycles. The number of carbonyl (C=O) groups excluding carboxylic acids is 2. The quantitative estimate of drug-likeness (QED) is 0.470. The molecule has 1 heterocycles. The standard InChI is InChI=1S/C14H13BrO5/c1-14(2)19-12(16)10(13(17)20-14)6-8-4-5-9(18-3)7-11(8)15/h4-7H,1-3H3. The molecule has 1 fully saturated rings. The predicted molar refractivity (Wildman–Crippen MR) is 74.9 cm³/mol. The smallest absolute Gasteiger partial charge is 0.348 e. The number of hydrogen-bond donors (Lipinski definition) is 0. The summed E-state index contributed by atoms with van der Waals surface area (Å²) in [5.74, 6) is -1.97. The van der Waals surface area contributed by atoms with Crippen LogP contribution in [-0.2, 0) is 19.1 Å². The van der Waals surface area contributed by atoms with Crippen LogP contribution in [0.15, 0.2) is 28.2 Å². The van der Waals surface area contributed by atoms with Crippen LogP contribution >= 0.6 is 15.9 Å². The number of carbonyl (C=O) groups is 2. The molecular weight excluding hydrogens is 328 g/mol. The minimum absolute atomic E-state index is 0.143. The van der Waals surface area contributed by atoms with Gasteiger partial charge >= 0.3 is 11.9 Å². The molecule has 0 saturated carbocycles. The van der Waals surface area contributed by atoms with Crippen LogP contribution < -0.4 is 4.74 Å². The molecule has 0 spiro atoms. The zero-order valence-corrected chi connectivity index (χ0v) is 12.8. The maximum absolute atomic E-state index is 11.8. The molecule has 20 heavy (non-hydrogen) atoms. The highest BCUT2D eigenvalue weighted by Gasteiger charge is 2.38. The second-order valence-electron chi connectivity index (χ2n) is 4.62. The van der Waals surface area contributed by atoms with Crippen molar-refractivity contribution < 1.29 is 23.8 Å². The van der Waals surface area contributed by atoms with Crippen molar-refractivity contribution >= 4 is 33.9 Å². The van der Waals surface area contributed by atoms with Gasteiger partial charge in [-0.05, 0) is 23.8 Å². The van der Waals surface area contributed by atoms with Crippen LogP contribution in [0.3, 0.4) is 0 Å². The van der Waals surface area contributed by atoms with Gasteiger partial charge in [-0.2, -0.15) is 0 Å². The highest BCUT2D eigenvalue weighted by atomic mass is 79.9.